The lowest BCUT2D eigenvalue weighted by molar-refractivity contribution is -0.160. The van der Waals surface area contributed by atoms with Crippen molar-refractivity contribution in [3.05, 3.63) is 122 Å². The minimum atomic E-state index is -4.76. The number of phosphoric acid groups is 1. The van der Waals surface area contributed by atoms with Crippen LogP contribution in [0.5, 0.6) is 0 Å². The molecule has 0 aliphatic carbocycles. The van der Waals surface area contributed by atoms with Gasteiger partial charge in [-0.25, -0.2) is 4.57 Å². The number of carboxylic acids is 1. The molecule has 0 rings (SSSR count). The number of carboxylic acid groups (broad SMARTS) is 1. The fourth-order valence-corrected chi connectivity index (χ4v) is 5.01. The molecule has 0 amide bonds. The van der Waals surface area contributed by atoms with Crippen LogP contribution in [0.25, 0.3) is 0 Å². The summed E-state index contributed by atoms with van der Waals surface area (Å²) >= 11 is 0. The largest absolute Gasteiger partial charge is 0.480 e. The summed E-state index contributed by atoms with van der Waals surface area (Å²) in [5.74, 6) is -2.64. The third-order valence-electron chi connectivity index (χ3n) is 7.24. The second-order valence-corrected chi connectivity index (χ2v) is 13.8. The lowest BCUT2D eigenvalue weighted by atomic mass is 10.2. The van der Waals surface area contributed by atoms with E-state index in [-0.39, 0.29) is 12.8 Å². The number of allylic oxidation sites excluding steroid dienone is 19. The molecule has 0 aromatic rings. The first-order chi connectivity index (χ1) is 27.1. The number of hydrogen-bond acceptors (Lipinski definition) is 9. The van der Waals surface area contributed by atoms with Gasteiger partial charge in [-0.05, 0) is 77.0 Å². The van der Waals surface area contributed by atoms with Gasteiger partial charge in [0.15, 0.2) is 6.10 Å². The Morgan fingerprint density at radius 1 is 0.571 bits per heavy atom. The molecular formula is C44H66NO10P. The highest BCUT2D eigenvalue weighted by Crippen LogP contribution is 2.43. The maximum Gasteiger partial charge on any atom is 0.472 e. The molecule has 3 unspecified atom stereocenters. The Hall–Kier alpha value is -4.12. The van der Waals surface area contributed by atoms with Crippen molar-refractivity contribution in [3.63, 3.8) is 0 Å². The minimum Gasteiger partial charge on any atom is -0.480 e. The van der Waals surface area contributed by atoms with Gasteiger partial charge in [-0.15, -0.1) is 0 Å². The first-order valence-corrected chi connectivity index (χ1v) is 21.1. The molecule has 12 heteroatoms. The number of hydrogen-bond donors (Lipinski definition) is 3. The number of phosphoric ester groups is 1. The summed E-state index contributed by atoms with van der Waals surface area (Å²) in [4.78, 5) is 45.7. The van der Waals surface area contributed by atoms with Crippen molar-refractivity contribution in [2.45, 2.75) is 116 Å². The molecule has 0 fully saturated rings. The highest BCUT2D eigenvalue weighted by molar-refractivity contribution is 7.47. The quantitative estimate of drug-likeness (QED) is 0.0245. The highest BCUT2D eigenvalue weighted by Gasteiger charge is 2.28. The number of carbonyl (C=O) groups is 3. The first-order valence-electron chi connectivity index (χ1n) is 19.6. The van der Waals surface area contributed by atoms with Crippen LogP contribution in [-0.2, 0) is 37.5 Å². The number of aliphatic carboxylic acids is 1. The standard InChI is InChI=1S/C44H66NO10P/c1-3-5-7-9-11-13-15-17-19-20-22-24-26-28-30-32-34-36-43(47)55-40(38-53-56(50,51)54-39-41(45)44(48)49)37-52-42(46)35-33-31-29-27-25-23-21-18-16-14-12-10-8-6-4-2/h5-8,11-14,17-19,21-22,24-25,27-28,30-31,33,40-41H,3-4,9-10,15-16,20,23,26,29,32,34-39,45H2,1-2H3,(H,48,49)(H,50,51)/b7-5-,8-6-,13-11-,14-12-,19-17-,21-18-,24-22-,27-25-,30-28-,33-31-. The van der Waals surface area contributed by atoms with E-state index < -0.39 is 57.7 Å². The average molecular weight is 800 g/mol. The molecule has 0 aliphatic rings. The summed E-state index contributed by atoms with van der Waals surface area (Å²) in [6, 6.07) is -1.55. The monoisotopic (exact) mass is 799 g/mol. The van der Waals surface area contributed by atoms with E-state index in [1.54, 1.807) is 6.08 Å². The van der Waals surface area contributed by atoms with Gasteiger partial charge in [-0.1, -0.05) is 135 Å². The van der Waals surface area contributed by atoms with Gasteiger partial charge < -0.3 is 25.2 Å². The third-order valence-corrected chi connectivity index (χ3v) is 8.19. The molecule has 0 aromatic carbocycles. The van der Waals surface area contributed by atoms with Gasteiger partial charge >= 0.3 is 25.7 Å². The van der Waals surface area contributed by atoms with Crippen LogP contribution in [-0.4, -0.2) is 59.9 Å². The topological polar surface area (TPSA) is 172 Å². The Balaban J connectivity index is 4.69. The van der Waals surface area contributed by atoms with Gasteiger partial charge in [0, 0.05) is 6.42 Å². The van der Waals surface area contributed by atoms with Crippen molar-refractivity contribution >= 4 is 25.7 Å². The highest BCUT2D eigenvalue weighted by atomic mass is 31.2. The SMILES string of the molecule is CC/C=C\C/C=C\C/C=C\C/C=C\C/C=C\CCCC(=O)OC(COC(=O)C/C=C\C/C=C\C/C=C\C/C=C\C/C=C\CC)COP(=O)(O)OCC(N)C(=O)O. The zero-order chi connectivity index (χ0) is 41.4. The summed E-state index contributed by atoms with van der Waals surface area (Å²) < 4.78 is 32.4. The predicted octanol–water partition coefficient (Wildman–Crippen LogP) is 10.1. The summed E-state index contributed by atoms with van der Waals surface area (Å²) in [5.41, 5.74) is 5.31. The number of carbonyl (C=O) groups excluding carboxylic acids is 2. The molecule has 0 spiro atoms. The summed E-state index contributed by atoms with van der Waals surface area (Å²) in [6.07, 6.45) is 50.2. The van der Waals surface area contributed by atoms with E-state index in [2.05, 4.69) is 103 Å². The van der Waals surface area contributed by atoms with Crippen LogP contribution in [0, 0.1) is 0 Å². The third kappa shape index (κ3) is 36.8. The van der Waals surface area contributed by atoms with E-state index >= 15 is 0 Å². The number of ether oxygens (including phenoxy) is 2. The van der Waals surface area contributed by atoms with Gasteiger partial charge in [0.25, 0.3) is 0 Å². The van der Waals surface area contributed by atoms with Crippen molar-refractivity contribution in [1.82, 2.24) is 0 Å². The van der Waals surface area contributed by atoms with Crippen molar-refractivity contribution in [2.75, 3.05) is 19.8 Å². The predicted molar refractivity (Wildman–Crippen MR) is 226 cm³/mol. The number of rotatable bonds is 34. The number of nitrogens with two attached hydrogens (primary N) is 1. The molecule has 56 heavy (non-hydrogen) atoms. The Morgan fingerprint density at radius 3 is 1.39 bits per heavy atom. The first kappa shape index (κ1) is 51.9. The lowest BCUT2D eigenvalue weighted by Gasteiger charge is -2.20. The van der Waals surface area contributed by atoms with Gasteiger partial charge in [0.2, 0.25) is 0 Å². The van der Waals surface area contributed by atoms with Gasteiger partial charge in [-0.2, -0.15) is 0 Å². The van der Waals surface area contributed by atoms with Crippen LogP contribution in [0.3, 0.4) is 0 Å². The Kier molecular flexibility index (Phi) is 35.0. The van der Waals surface area contributed by atoms with Gasteiger partial charge in [-0.3, -0.25) is 23.4 Å². The molecule has 0 saturated heterocycles. The van der Waals surface area contributed by atoms with Crippen molar-refractivity contribution < 1.29 is 47.5 Å². The molecule has 312 valence electrons. The molecule has 0 heterocycles. The number of esters is 2. The summed E-state index contributed by atoms with van der Waals surface area (Å²) in [6.45, 7) is 2.37. The van der Waals surface area contributed by atoms with Crippen molar-refractivity contribution in [3.8, 4) is 0 Å². The molecule has 0 aliphatic heterocycles. The van der Waals surface area contributed by atoms with Crippen LogP contribution >= 0.6 is 7.82 Å². The van der Waals surface area contributed by atoms with Crippen LogP contribution in [0.4, 0.5) is 0 Å². The maximum absolute atomic E-state index is 12.6. The van der Waals surface area contributed by atoms with Crippen LogP contribution in [0.2, 0.25) is 0 Å². The van der Waals surface area contributed by atoms with Crippen molar-refractivity contribution in [1.29, 1.82) is 0 Å². The van der Waals surface area contributed by atoms with E-state index in [4.69, 9.17) is 24.8 Å². The molecule has 0 saturated carbocycles. The van der Waals surface area contributed by atoms with Crippen LogP contribution < -0.4 is 5.73 Å². The second-order valence-electron chi connectivity index (χ2n) is 12.3. The fraction of sp³-hybridized carbons (Fsp3) is 0.477. The summed E-state index contributed by atoms with van der Waals surface area (Å²) in [5, 5.41) is 8.87. The smallest absolute Gasteiger partial charge is 0.472 e. The Morgan fingerprint density at radius 2 is 0.964 bits per heavy atom. The van der Waals surface area contributed by atoms with E-state index in [9.17, 15) is 23.8 Å². The van der Waals surface area contributed by atoms with Gasteiger partial charge in [0.05, 0.1) is 19.6 Å². The van der Waals surface area contributed by atoms with E-state index in [0.717, 1.165) is 57.8 Å². The average Bonchev–Trinajstić information content (AvgIpc) is 3.17. The molecule has 0 aromatic heterocycles. The van der Waals surface area contributed by atoms with Crippen LogP contribution in [0.1, 0.15) is 104 Å². The van der Waals surface area contributed by atoms with E-state index in [1.165, 1.54) is 0 Å². The molecule has 3 atom stereocenters. The molecular weight excluding hydrogens is 733 g/mol. The molecule has 0 radical (unpaired) electrons. The Labute approximate surface area is 335 Å². The Bertz CT molecular complexity index is 1400. The maximum atomic E-state index is 12.6. The second kappa shape index (κ2) is 37.8. The van der Waals surface area contributed by atoms with E-state index in [1.807, 2.05) is 30.4 Å². The molecule has 4 N–H and O–H groups in total. The molecule has 11 nitrogen and oxygen atoms in total. The van der Waals surface area contributed by atoms with Crippen molar-refractivity contribution in [2.24, 2.45) is 5.73 Å². The zero-order valence-electron chi connectivity index (χ0n) is 33.4. The van der Waals surface area contributed by atoms with Crippen LogP contribution in [0.15, 0.2) is 122 Å². The fourth-order valence-electron chi connectivity index (χ4n) is 4.23. The molecule has 0 bridgehead atoms. The van der Waals surface area contributed by atoms with E-state index in [0.29, 0.717) is 19.3 Å². The summed E-state index contributed by atoms with van der Waals surface area (Å²) in [7, 11) is -4.76. The lowest BCUT2D eigenvalue weighted by Crippen LogP contribution is -2.34. The minimum absolute atomic E-state index is 0.0308. The zero-order valence-corrected chi connectivity index (χ0v) is 34.3. The van der Waals surface area contributed by atoms with Gasteiger partial charge in [0.1, 0.15) is 12.6 Å². The number of unbranched alkanes of at least 4 members (excludes halogenated alkanes) is 1. The normalized spacial score (nSPS) is 15.1.